The molecule has 0 saturated carbocycles. The summed E-state index contributed by atoms with van der Waals surface area (Å²) in [5.74, 6) is 0.475. The van der Waals surface area contributed by atoms with Crippen LogP contribution in [0.2, 0.25) is 0 Å². The molecule has 0 bridgehead atoms. The maximum absolute atomic E-state index is 12.2. The van der Waals surface area contributed by atoms with Gasteiger partial charge >= 0.3 is 6.09 Å². The number of amides is 1. The molecule has 0 aliphatic heterocycles. The van der Waals surface area contributed by atoms with E-state index in [1.165, 1.54) is 4.90 Å². The van der Waals surface area contributed by atoms with Crippen molar-refractivity contribution in [1.82, 2.24) is 9.78 Å². The Bertz CT molecular complexity index is 1110. The average molecular weight is 441 g/mol. The van der Waals surface area contributed by atoms with Gasteiger partial charge in [-0.25, -0.2) is 9.48 Å². The average Bonchev–Trinajstić information content (AvgIpc) is 3.03. The normalized spacial score (nSPS) is 13.6. The van der Waals surface area contributed by atoms with Crippen molar-refractivity contribution >= 4 is 40.4 Å². The molecular weight excluding hydrogens is 412 g/mol. The lowest BCUT2D eigenvalue weighted by Crippen LogP contribution is -2.46. The number of hydrogen-bond donors (Lipinski definition) is 1. The number of carbonyl (C=O) groups is 1. The van der Waals surface area contributed by atoms with Gasteiger partial charge in [-0.1, -0.05) is 28.7 Å². The highest BCUT2D eigenvalue weighted by Crippen LogP contribution is 2.34. The maximum atomic E-state index is 12.2. The summed E-state index contributed by atoms with van der Waals surface area (Å²) in [6.45, 7) is 11.1. The third kappa shape index (κ3) is 4.91. The van der Waals surface area contributed by atoms with Crippen molar-refractivity contribution in [3.8, 4) is 5.69 Å². The van der Waals surface area contributed by atoms with E-state index in [4.69, 9.17) is 5.10 Å². The van der Waals surface area contributed by atoms with E-state index in [-0.39, 0.29) is 0 Å². The lowest BCUT2D eigenvalue weighted by molar-refractivity contribution is 0.195. The largest absolute Gasteiger partial charge is 0.591 e. The Hall–Kier alpha value is -2.84. The quantitative estimate of drug-likeness (QED) is 0.446. The molecule has 1 aromatic heterocycles. The van der Waals surface area contributed by atoms with Crippen LogP contribution in [0, 0.1) is 0 Å². The predicted octanol–water partition coefficient (Wildman–Crippen LogP) is 5.19. The molecule has 7 nitrogen and oxygen atoms in total. The highest BCUT2D eigenvalue weighted by Gasteiger charge is 2.33. The third-order valence-electron chi connectivity index (χ3n) is 4.57. The van der Waals surface area contributed by atoms with Crippen LogP contribution in [-0.2, 0) is 11.4 Å². The molecule has 8 heteroatoms. The lowest BCUT2D eigenvalue weighted by Gasteiger charge is -2.33. The molecule has 0 unspecified atom stereocenters. The number of para-hydroxylation sites is 1. The minimum Gasteiger partial charge on any atom is -0.591 e. The number of hydrogen-bond acceptors (Lipinski definition) is 4. The molecule has 1 atom stereocenters. The summed E-state index contributed by atoms with van der Waals surface area (Å²) < 4.78 is 17.6. The first-order chi connectivity index (χ1) is 14.4. The predicted molar refractivity (Wildman–Crippen MR) is 127 cm³/mol. The second-order valence-corrected chi connectivity index (χ2v) is 11.2. The molecule has 2 aromatic carbocycles. The Morgan fingerprint density at radius 3 is 2.32 bits per heavy atom. The van der Waals surface area contributed by atoms with Crippen molar-refractivity contribution in [3.63, 3.8) is 0 Å². The fraction of sp³-hybridized carbons (Fsp3) is 0.348. The van der Waals surface area contributed by atoms with E-state index in [0.717, 1.165) is 11.3 Å². The van der Waals surface area contributed by atoms with Crippen molar-refractivity contribution < 1.29 is 14.5 Å². The molecule has 31 heavy (non-hydrogen) atoms. The number of rotatable bonds is 4. The van der Waals surface area contributed by atoms with Gasteiger partial charge in [0.1, 0.15) is 21.9 Å². The standard InChI is InChI=1S/C23H28N4O3S/c1-22(2,3)26(21(28)29)20-18-13-12-16(15-24-31(30)23(4,5)6)14-19(18)25-27(20)17-10-8-7-9-11-17/h7-15H,1-6H3,(H,28,29)/t31-/m1/s1. The first kappa shape index (κ1) is 22.8. The number of fused-ring (bicyclic) bond motifs is 1. The smallest absolute Gasteiger partial charge is 0.413 e. The highest BCUT2D eigenvalue weighted by molar-refractivity contribution is 7.91. The number of anilines is 1. The Kier molecular flexibility index (Phi) is 6.16. The van der Waals surface area contributed by atoms with Crippen LogP contribution in [0.25, 0.3) is 16.6 Å². The Balaban J connectivity index is 2.19. The van der Waals surface area contributed by atoms with Crippen molar-refractivity contribution in [2.24, 2.45) is 4.40 Å². The Morgan fingerprint density at radius 1 is 1.13 bits per heavy atom. The summed E-state index contributed by atoms with van der Waals surface area (Å²) in [5.41, 5.74) is 1.44. The first-order valence-corrected chi connectivity index (χ1v) is 11.1. The molecule has 1 heterocycles. The summed E-state index contributed by atoms with van der Waals surface area (Å²) in [6, 6.07) is 14.9. The molecule has 1 amide bonds. The summed E-state index contributed by atoms with van der Waals surface area (Å²) in [6.07, 6.45) is 0.512. The van der Waals surface area contributed by atoms with E-state index in [1.807, 2.05) is 90.1 Å². The van der Waals surface area contributed by atoms with Gasteiger partial charge in [0.15, 0.2) is 0 Å². The van der Waals surface area contributed by atoms with Gasteiger partial charge in [-0.3, -0.25) is 4.90 Å². The molecule has 0 saturated heterocycles. The van der Waals surface area contributed by atoms with Crippen LogP contribution in [0.4, 0.5) is 10.6 Å². The first-order valence-electron chi connectivity index (χ1n) is 9.97. The minimum atomic E-state index is -1.37. The van der Waals surface area contributed by atoms with Gasteiger partial charge in [-0.05, 0) is 71.4 Å². The van der Waals surface area contributed by atoms with Gasteiger partial charge in [0.2, 0.25) is 0 Å². The molecule has 0 aliphatic carbocycles. The van der Waals surface area contributed by atoms with Crippen LogP contribution in [0.1, 0.15) is 47.1 Å². The fourth-order valence-corrected chi connectivity index (χ4v) is 3.63. The maximum Gasteiger partial charge on any atom is 0.413 e. The number of nitrogens with zero attached hydrogens (tertiary/aromatic N) is 4. The van der Waals surface area contributed by atoms with Crippen molar-refractivity contribution in [3.05, 3.63) is 54.1 Å². The molecule has 0 radical (unpaired) electrons. The monoisotopic (exact) mass is 440 g/mol. The van der Waals surface area contributed by atoms with Crippen LogP contribution < -0.4 is 4.90 Å². The SMILES string of the molecule is CC(C)(C)N(C(=O)O)c1c2ccc(C=N[S@+]([O-])C(C)(C)C)cc2nn1-c1ccccc1. The molecule has 1 N–H and O–H groups in total. The van der Waals surface area contributed by atoms with Crippen molar-refractivity contribution in [1.29, 1.82) is 0 Å². The number of benzene rings is 2. The second kappa shape index (κ2) is 8.36. The summed E-state index contributed by atoms with van der Waals surface area (Å²) in [5, 5.41) is 15.4. The van der Waals surface area contributed by atoms with Gasteiger partial charge in [0.05, 0.1) is 17.4 Å². The van der Waals surface area contributed by atoms with Gasteiger partial charge in [-0.15, -0.1) is 0 Å². The second-order valence-electron chi connectivity index (χ2n) is 9.23. The van der Waals surface area contributed by atoms with Gasteiger partial charge in [0.25, 0.3) is 0 Å². The van der Waals surface area contributed by atoms with Crippen LogP contribution in [0.15, 0.2) is 52.9 Å². The Labute approximate surface area is 185 Å². The van der Waals surface area contributed by atoms with E-state index in [1.54, 1.807) is 10.9 Å². The van der Waals surface area contributed by atoms with Crippen LogP contribution in [0.3, 0.4) is 0 Å². The van der Waals surface area contributed by atoms with E-state index in [0.29, 0.717) is 16.7 Å². The highest BCUT2D eigenvalue weighted by atomic mass is 32.2. The molecule has 0 spiro atoms. The van der Waals surface area contributed by atoms with E-state index < -0.39 is 27.7 Å². The molecule has 3 rings (SSSR count). The van der Waals surface area contributed by atoms with Crippen LogP contribution in [0.5, 0.6) is 0 Å². The van der Waals surface area contributed by atoms with Crippen molar-refractivity contribution in [2.45, 2.75) is 51.8 Å². The van der Waals surface area contributed by atoms with E-state index in [9.17, 15) is 14.5 Å². The molecule has 164 valence electrons. The van der Waals surface area contributed by atoms with Crippen LogP contribution >= 0.6 is 0 Å². The topological polar surface area (TPSA) is 93.8 Å². The zero-order chi connectivity index (χ0) is 23.0. The summed E-state index contributed by atoms with van der Waals surface area (Å²) in [4.78, 5) is 13.6. The minimum absolute atomic E-state index is 0.447. The number of carboxylic acid groups (broad SMARTS) is 1. The molecule has 0 fully saturated rings. The van der Waals surface area contributed by atoms with Gasteiger partial charge in [0, 0.05) is 10.9 Å². The van der Waals surface area contributed by atoms with E-state index >= 15 is 0 Å². The van der Waals surface area contributed by atoms with E-state index in [2.05, 4.69) is 4.40 Å². The van der Waals surface area contributed by atoms with Crippen molar-refractivity contribution in [2.75, 3.05) is 4.90 Å². The summed E-state index contributed by atoms with van der Waals surface area (Å²) >= 11 is -1.37. The Morgan fingerprint density at radius 2 is 1.77 bits per heavy atom. The third-order valence-corrected chi connectivity index (χ3v) is 5.91. The van der Waals surface area contributed by atoms with Gasteiger partial charge < -0.3 is 9.66 Å². The molecule has 3 aromatic rings. The fourth-order valence-electron chi connectivity index (χ4n) is 3.10. The van der Waals surface area contributed by atoms with Crippen LogP contribution in [-0.4, -0.2) is 42.0 Å². The molecular formula is C23H28N4O3S. The lowest BCUT2D eigenvalue weighted by atomic mass is 10.1. The zero-order valence-corrected chi connectivity index (χ0v) is 19.5. The van der Waals surface area contributed by atoms with Gasteiger partial charge in [-0.2, -0.15) is 5.10 Å². The molecule has 0 aliphatic rings. The number of aromatic nitrogens is 2. The zero-order valence-electron chi connectivity index (χ0n) is 18.7. The summed E-state index contributed by atoms with van der Waals surface area (Å²) in [7, 11) is 0.